The Hall–Kier alpha value is -2.87. The molecule has 0 bridgehead atoms. The lowest BCUT2D eigenvalue weighted by Gasteiger charge is -2.22. The number of rotatable bonds is 7. The lowest BCUT2D eigenvalue weighted by molar-refractivity contribution is -0.384. The smallest absolute Gasteiger partial charge is 0.269 e. The molecule has 0 aliphatic heterocycles. The second-order valence-electron chi connectivity index (χ2n) is 6.16. The van der Waals surface area contributed by atoms with Gasteiger partial charge in [0.15, 0.2) is 5.96 Å². The Bertz CT molecular complexity index is 783. The summed E-state index contributed by atoms with van der Waals surface area (Å²) in [6, 6.07) is 9.89. The number of hydrogen-bond donors (Lipinski definition) is 3. The minimum Gasteiger partial charge on any atom is -0.463 e. The van der Waals surface area contributed by atoms with Gasteiger partial charge in [0.2, 0.25) is 0 Å². The van der Waals surface area contributed by atoms with Crippen LogP contribution in [0.4, 0.5) is 5.69 Å². The maximum absolute atomic E-state index is 10.9. The number of guanidine groups is 1. The van der Waals surface area contributed by atoms with Gasteiger partial charge in [-0.3, -0.25) is 10.1 Å². The van der Waals surface area contributed by atoms with Crippen molar-refractivity contribution in [1.82, 2.24) is 10.6 Å². The molecule has 0 saturated carbocycles. The van der Waals surface area contributed by atoms with Crippen LogP contribution in [-0.4, -0.2) is 29.1 Å². The summed E-state index contributed by atoms with van der Waals surface area (Å²) in [5.41, 5.74) is -0.438. The Morgan fingerprint density at radius 1 is 1.35 bits per heavy atom. The van der Waals surface area contributed by atoms with Crippen LogP contribution in [0, 0.1) is 17.0 Å². The fourth-order valence-electron chi connectivity index (χ4n) is 2.35. The highest BCUT2D eigenvalue weighted by Crippen LogP contribution is 2.21. The van der Waals surface area contributed by atoms with Gasteiger partial charge < -0.3 is 20.2 Å². The Labute approximate surface area is 152 Å². The first-order chi connectivity index (χ1) is 12.3. The van der Waals surface area contributed by atoms with Gasteiger partial charge in [-0.1, -0.05) is 12.1 Å². The molecule has 1 aromatic heterocycles. The van der Waals surface area contributed by atoms with Crippen molar-refractivity contribution in [3.05, 3.63) is 63.6 Å². The van der Waals surface area contributed by atoms with Crippen LogP contribution >= 0.6 is 0 Å². The second kappa shape index (κ2) is 8.48. The fourth-order valence-corrected chi connectivity index (χ4v) is 2.35. The number of nitro benzene ring substituents is 1. The number of nitrogens with one attached hydrogen (secondary N) is 2. The molecule has 0 amide bonds. The quantitative estimate of drug-likeness (QED) is 0.303. The Morgan fingerprint density at radius 2 is 2.12 bits per heavy atom. The average molecular weight is 360 g/mol. The van der Waals surface area contributed by atoms with Gasteiger partial charge in [0.25, 0.3) is 5.69 Å². The van der Waals surface area contributed by atoms with Crippen LogP contribution in [0.25, 0.3) is 0 Å². The zero-order valence-electron chi connectivity index (χ0n) is 15.2. The van der Waals surface area contributed by atoms with Crippen molar-refractivity contribution in [3.8, 4) is 0 Å². The van der Waals surface area contributed by atoms with E-state index in [1.807, 2.05) is 13.8 Å². The molecule has 0 aliphatic rings. The van der Waals surface area contributed by atoms with Gasteiger partial charge in [-0.25, -0.2) is 4.99 Å². The van der Waals surface area contributed by atoms with E-state index >= 15 is 0 Å². The zero-order valence-corrected chi connectivity index (χ0v) is 15.2. The summed E-state index contributed by atoms with van der Waals surface area (Å²) >= 11 is 0. The molecule has 1 unspecified atom stereocenters. The van der Waals surface area contributed by atoms with Gasteiger partial charge in [0, 0.05) is 18.7 Å². The number of aryl methyl sites for hydroxylation is 1. The Morgan fingerprint density at radius 3 is 2.73 bits per heavy atom. The van der Waals surface area contributed by atoms with Crippen molar-refractivity contribution in [3.63, 3.8) is 0 Å². The molecule has 0 aliphatic carbocycles. The molecule has 2 rings (SSSR count). The highest BCUT2D eigenvalue weighted by atomic mass is 16.6. The number of aliphatic imine (C=N–C) groups is 1. The number of furan rings is 1. The van der Waals surface area contributed by atoms with E-state index < -0.39 is 10.5 Å². The molecule has 0 saturated heterocycles. The molecule has 2 aromatic rings. The molecular formula is C18H24N4O4. The monoisotopic (exact) mass is 360 g/mol. The van der Waals surface area contributed by atoms with E-state index in [4.69, 9.17) is 4.42 Å². The summed E-state index contributed by atoms with van der Waals surface area (Å²) in [6.07, 6.45) is 0. The lowest BCUT2D eigenvalue weighted by Crippen LogP contribution is -2.44. The first-order valence-corrected chi connectivity index (χ1v) is 8.36. The van der Waals surface area contributed by atoms with E-state index in [-0.39, 0.29) is 18.8 Å². The van der Waals surface area contributed by atoms with Crippen LogP contribution in [0.1, 0.15) is 30.9 Å². The fraction of sp³-hybridized carbons (Fsp3) is 0.389. The van der Waals surface area contributed by atoms with Crippen LogP contribution in [0.5, 0.6) is 0 Å². The minimum atomic E-state index is -1.20. The van der Waals surface area contributed by atoms with Crippen LogP contribution < -0.4 is 10.6 Å². The van der Waals surface area contributed by atoms with E-state index in [1.54, 1.807) is 31.2 Å². The molecular weight excluding hydrogens is 336 g/mol. The van der Waals surface area contributed by atoms with Crippen molar-refractivity contribution in [1.29, 1.82) is 0 Å². The van der Waals surface area contributed by atoms with Gasteiger partial charge in [-0.2, -0.15) is 0 Å². The molecule has 1 heterocycles. The van der Waals surface area contributed by atoms with Gasteiger partial charge in [-0.05, 0) is 38.5 Å². The van der Waals surface area contributed by atoms with Crippen LogP contribution in [0.15, 0.2) is 45.8 Å². The van der Waals surface area contributed by atoms with Gasteiger partial charge in [-0.15, -0.1) is 0 Å². The summed E-state index contributed by atoms with van der Waals surface area (Å²) in [4.78, 5) is 14.8. The maximum Gasteiger partial charge on any atom is 0.269 e. The van der Waals surface area contributed by atoms with Gasteiger partial charge in [0.05, 0.1) is 18.0 Å². The highest BCUT2D eigenvalue weighted by Gasteiger charge is 2.27. The third-order valence-electron chi connectivity index (χ3n) is 3.76. The molecule has 0 spiro atoms. The van der Waals surface area contributed by atoms with E-state index in [1.165, 1.54) is 12.1 Å². The van der Waals surface area contributed by atoms with Gasteiger partial charge in [0.1, 0.15) is 17.1 Å². The number of non-ortho nitro benzene ring substituents is 1. The van der Waals surface area contributed by atoms with Crippen LogP contribution in [-0.2, 0) is 12.1 Å². The minimum absolute atomic E-state index is 0.0341. The predicted octanol–water partition coefficient (Wildman–Crippen LogP) is 2.46. The summed E-state index contributed by atoms with van der Waals surface area (Å²) in [7, 11) is 0. The first-order valence-electron chi connectivity index (χ1n) is 8.36. The van der Waals surface area contributed by atoms with E-state index in [9.17, 15) is 15.2 Å². The number of nitrogens with zero attached hydrogens (tertiary/aromatic N) is 2. The molecule has 140 valence electrons. The Balaban J connectivity index is 2.04. The number of aliphatic hydroxyl groups is 1. The molecule has 8 nitrogen and oxygen atoms in total. The van der Waals surface area contributed by atoms with Crippen molar-refractivity contribution in [2.75, 3.05) is 13.1 Å². The SMILES string of the molecule is CCNC(=NCc1cccc([N+](=O)[O-])c1)NCC(C)(O)c1ccc(C)o1. The summed E-state index contributed by atoms with van der Waals surface area (Å²) < 4.78 is 5.49. The summed E-state index contributed by atoms with van der Waals surface area (Å²) in [5.74, 6) is 1.70. The number of hydrogen-bond acceptors (Lipinski definition) is 5. The summed E-state index contributed by atoms with van der Waals surface area (Å²) in [5, 5.41) is 27.6. The lowest BCUT2D eigenvalue weighted by atomic mass is 10.0. The normalized spacial score (nSPS) is 13.9. The molecule has 1 atom stereocenters. The van der Waals surface area contributed by atoms with Crippen LogP contribution in [0.3, 0.4) is 0 Å². The molecule has 0 radical (unpaired) electrons. The maximum atomic E-state index is 10.9. The van der Waals surface area contributed by atoms with Crippen molar-refractivity contribution >= 4 is 11.6 Å². The van der Waals surface area contributed by atoms with Crippen molar-refractivity contribution in [2.45, 2.75) is 32.9 Å². The van der Waals surface area contributed by atoms with E-state index in [0.717, 1.165) is 11.3 Å². The van der Waals surface area contributed by atoms with Crippen molar-refractivity contribution in [2.24, 2.45) is 4.99 Å². The summed E-state index contributed by atoms with van der Waals surface area (Å²) in [6.45, 7) is 6.51. The van der Waals surface area contributed by atoms with E-state index in [2.05, 4.69) is 15.6 Å². The second-order valence-corrected chi connectivity index (χ2v) is 6.16. The molecule has 8 heteroatoms. The third-order valence-corrected chi connectivity index (χ3v) is 3.76. The van der Waals surface area contributed by atoms with E-state index in [0.29, 0.717) is 18.3 Å². The largest absolute Gasteiger partial charge is 0.463 e. The average Bonchev–Trinajstić information content (AvgIpc) is 3.05. The molecule has 26 heavy (non-hydrogen) atoms. The molecule has 0 fully saturated rings. The molecule has 1 aromatic carbocycles. The van der Waals surface area contributed by atoms with Crippen molar-refractivity contribution < 1.29 is 14.4 Å². The number of nitro groups is 1. The first kappa shape index (κ1) is 19.5. The predicted molar refractivity (Wildman–Crippen MR) is 98.9 cm³/mol. The topological polar surface area (TPSA) is 113 Å². The molecule has 3 N–H and O–H groups in total. The van der Waals surface area contributed by atoms with Crippen LogP contribution in [0.2, 0.25) is 0 Å². The standard InChI is InChI=1S/C18H24N4O4/c1-4-19-17(20-11-14-6-5-7-15(10-14)22(24)25)21-12-18(3,23)16-9-8-13(2)26-16/h5-10,23H,4,11-12H2,1-3H3,(H2,19,20,21). The van der Waals surface area contributed by atoms with Gasteiger partial charge >= 0.3 is 0 Å². The third kappa shape index (κ3) is 5.32. The number of benzene rings is 1. The Kier molecular flexibility index (Phi) is 6.35. The highest BCUT2D eigenvalue weighted by molar-refractivity contribution is 5.79. The zero-order chi connectivity index (χ0) is 19.2.